The Labute approximate surface area is 296 Å². The van der Waals surface area contributed by atoms with Crippen LogP contribution < -0.4 is 0 Å². The SMILES string of the molecule is Cc1cc2c(C(C)C)ccc(C)c2[cH-]1.Cc1cc2c(C(C)C)ccc(C)c2[cH-]1.Cl.Cl.[Si]=[Zr].[c-]1ccccc1.[c-]1ccccc1. The molecule has 0 aliphatic rings. The summed E-state index contributed by atoms with van der Waals surface area (Å²) >= 11 is 1.36. The van der Waals surface area contributed by atoms with Gasteiger partial charge < -0.3 is 0 Å². The van der Waals surface area contributed by atoms with Crippen LogP contribution in [0.25, 0.3) is 21.5 Å². The second-order valence-corrected chi connectivity index (χ2v) is 11.1. The Morgan fingerprint density at radius 2 is 0.864 bits per heavy atom. The summed E-state index contributed by atoms with van der Waals surface area (Å²) in [7, 11) is 0. The molecule has 0 fully saturated rings. The first-order valence-electron chi connectivity index (χ1n) is 14.6. The van der Waals surface area contributed by atoms with Gasteiger partial charge in [-0.25, -0.2) is 0 Å². The normalized spacial score (nSPS) is 9.57. The van der Waals surface area contributed by atoms with Gasteiger partial charge in [-0.1, -0.05) is 78.6 Å². The zero-order chi connectivity index (χ0) is 31.1. The van der Waals surface area contributed by atoms with E-state index in [-0.39, 0.29) is 24.8 Å². The van der Waals surface area contributed by atoms with Crippen molar-refractivity contribution in [1.29, 1.82) is 0 Å². The standard InChI is InChI=1S/2C14H17.2C6H5.2ClH.Si.Zr/c2*1-9(2)12-6-5-11(4)13-7-10(3)8-14(12)13;2*1-2-4-6-5-3-1;;;;/h2*5-9H,1-4H3;2*1-5H;2*1H;;/q4*-1;;;;. The Bertz CT molecular complexity index is 1420. The van der Waals surface area contributed by atoms with E-state index in [0.717, 1.165) is 0 Å². The Morgan fingerprint density at radius 3 is 1.09 bits per heavy atom. The van der Waals surface area contributed by atoms with Gasteiger partial charge in [0, 0.05) is 0 Å². The van der Waals surface area contributed by atoms with Gasteiger partial charge >= 0.3 is 30.2 Å². The Morgan fingerprint density at radius 1 is 0.545 bits per heavy atom. The van der Waals surface area contributed by atoms with Crippen LogP contribution in [0.15, 0.2) is 109 Å². The van der Waals surface area contributed by atoms with Crippen molar-refractivity contribution < 1.29 is 23.3 Å². The van der Waals surface area contributed by atoms with Crippen LogP contribution in [-0.4, -0.2) is 6.88 Å². The molecule has 0 amide bonds. The first-order valence-corrected chi connectivity index (χ1v) is 18.8. The molecule has 44 heavy (non-hydrogen) atoms. The third-order valence-corrected chi connectivity index (χ3v) is 7.02. The Kier molecular flexibility index (Phi) is 21.2. The van der Waals surface area contributed by atoms with Crippen LogP contribution in [0.4, 0.5) is 0 Å². The van der Waals surface area contributed by atoms with Gasteiger partial charge in [0.05, 0.1) is 0 Å². The van der Waals surface area contributed by atoms with Crippen molar-refractivity contribution in [3.05, 3.63) is 155 Å². The fourth-order valence-electron chi connectivity index (χ4n) is 4.91. The molecule has 0 spiro atoms. The summed E-state index contributed by atoms with van der Waals surface area (Å²) < 4.78 is 0. The third-order valence-electron chi connectivity index (χ3n) is 7.02. The van der Waals surface area contributed by atoms with Crippen molar-refractivity contribution in [2.75, 3.05) is 0 Å². The molecular formula is C40H46Cl2SiZr-4. The van der Waals surface area contributed by atoms with Gasteiger partial charge in [-0.3, -0.25) is 0 Å². The number of aryl methyl sites for hydroxylation is 4. The van der Waals surface area contributed by atoms with E-state index < -0.39 is 0 Å². The molecule has 0 aromatic heterocycles. The maximum atomic E-state index is 3.06. The monoisotopic (exact) mass is 714 g/mol. The second kappa shape index (κ2) is 22.3. The van der Waals surface area contributed by atoms with Crippen molar-refractivity contribution in [2.24, 2.45) is 0 Å². The molecule has 232 valence electrons. The molecule has 0 nitrogen and oxygen atoms in total. The van der Waals surface area contributed by atoms with E-state index in [9.17, 15) is 0 Å². The average Bonchev–Trinajstić information content (AvgIpc) is 3.60. The van der Waals surface area contributed by atoms with Crippen molar-refractivity contribution in [3.8, 4) is 0 Å². The van der Waals surface area contributed by atoms with E-state index in [1.807, 2.05) is 60.7 Å². The molecule has 0 N–H and O–H groups in total. The number of hydrogen-bond donors (Lipinski definition) is 0. The van der Waals surface area contributed by atoms with Gasteiger partial charge in [-0.2, -0.15) is 84.9 Å². The molecule has 6 rings (SSSR count). The largest absolute Gasteiger partial charge is 0.184 e. The topological polar surface area (TPSA) is 0 Å². The predicted octanol–water partition coefficient (Wildman–Crippen LogP) is 12.0. The van der Waals surface area contributed by atoms with Gasteiger partial charge in [0.2, 0.25) is 0 Å². The first kappa shape index (κ1) is 41.8. The van der Waals surface area contributed by atoms with E-state index in [0.29, 0.717) is 11.8 Å². The van der Waals surface area contributed by atoms with Gasteiger partial charge in [-0.15, -0.1) is 92.9 Å². The van der Waals surface area contributed by atoms with Crippen molar-refractivity contribution >= 4 is 53.2 Å². The number of halogens is 2. The van der Waals surface area contributed by atoms with E-state index in [1.165, 1.54) is 78.3 Å². The fourth-order valence-corrected chi connectivity index (χ4v) is 4.91. The summed E-state index contributed by atoms with van der Waals surface area (Å²) in [6, 6.07) is 43.2. The minimum Gasteiger partial charge on any atom is -0.184 e. The molecule has 6 aromatic rings. The number of rotatable bonds is 2. The Balaban J connectivity index is 0.000000576. The van der Waals surface area contributed by atoms with Crippen molar-refractivity contribution in [3.63, 3.8) is 0 Å². The van der Waals surface area contributed by atoms with Gasteiger partial charge in [-0.05, 0) is 11.8 Å². The zero-order valence-electron chi connectivity index (χ0n) is 27.4. The third kappa shape index (κ3) is 13.0. The van der Waals surface area contributed by atoms with Crippen LogP contribution in [0.3, 0.4) is 0 Å². The van der Waals surface area contributed by atoms with Crippen LogP contribution in [-0.2, 0) is 23.3 Å². The molecule has 0 aliphatic heterocycles. The number of fused-ring (bicyclic) bond motifs is 2. The molecule has 0 unspecified atom stereocenters. The van der Waals surface area contributed by atoms with Crippen molar-refractivity contribution in [1.82, 2.24) is 0 Å². The smallest absolute Gasteiger partial charge is 0.171 e. The minimum atomic E-state index is 0. The van der Waals surface area contributed by atoms with E-state index >= 15 is 0 Å². The predicted molar refractivity (Wildman–Crippen MR) is 197 cm³/mol. The number of benzene rings is 4. The second-order valence-electron chi connectivity index (χ2n) is 11.1. The molecule has 0 saturated carbocycles. The van der Waals surface area contributed by atoms with E-state index in [2.05, 4.69) is 123 Å². The molecular weight excluding hydrogens is 671 g/mol. The van der Waals surface area contributed by atoms with Crippen LogP contribution in [0.1, 0.15) is 72.9 Å². The first-order chi connectivity index (χ1) is 20.2. The van der Waals surface area contributed by atoms with Crippen molar-refractivity contribution in [2.45, 2.75) is 67.2 Å². The maximum absolute atomic E-state index is 3.06. The molecule has 6 aromatic carbocycles. The molecule has 2 radical (unpaired) electrons. The molecule has 0 heterocycles. The molecule has 4 heteroatoms. The van der Waals surface area contributed by atoms with Gasteiger partial charge in [0.1, 0.15) is 0 Å². The fraction of sp³-hybridized carbons (Fsp3) is 0.250. The zero-order valence-corrected chi connectivity index (χ0v) is 32.5. The summed E-state index contributed by atoms with van der Waals surface area (Å²) in [6.07, 6.45) is 0. The average molecular weight is 717 g/mol. The number of hydrogen-bond acceptors (Lipinski definition) is 0. The molecule has 0 bridgehead atoms. The van der Waals surface area contributed by atoms with E-state index in [1.54, 1.807) is 0 Å². The van der Waals surface area contributed by atoms with Gasteiger partial charge in [0.25, 0.3) is 0 Å². The molecule has 0 aliphatic carbocycles. The van der Waals surface area contributed by atoms with Crippen LogP contribution in [0, 0.1) is 39.8 Å². The van der Waals surface area contributed by atoms with Crippen LogP contribution in [0.5, 0.6) is 0 Å². The molecule has 0 saturated heterocycles. The maximum Gasteiger partial charge on any atom is -0.171 e. The quantitative estimate of drug-likeness (QED) is 0.124. The summed E-state index contributed by atoms with van der Waals surface area (Å²) in [5, 5.41) is 5.73. The summed E-state index contributed by atoms with van der Waals surface area (Å²) in [4.78, 5) is 0. The summed E-state index contributed by atoms with van der Waals surface area (Å²) in [6.45, 7) is 20.8. The van der Waals surface area contributed by atoms with Gasteiger partial charge in [0.15, 0.2) is 0 Å². The summed E-state index contributed by atoms with van der Waals surface area (Å²) in [5.74, 6) is 1.22. The van der Waals surface area contributed by atoms with Crippen LogP contribution in [0.2, 0.25) is 0 Å². The summed E-state index contributed by atoms with van der Waals surface area (Å²) in [5.41, 5.74) is 8.46. The Hall–Kier alpha value is -2.22. The van der Waals surface area contributed by atoms with Crippen LogP contribution >= 0.6 is 24.8 Å². The molecule has 0 atom stereocenters. The van der Waals surface area contributed by atoms with E-state index in [4.69, 9.17) is 0 Å². The minimum absolute atomic E-state index is 0.